The Labute approximate surface area is 193 Å². The van der Waals surface area contributed by atoms with Crippen LogP contribution in [0.15, 0.2) is 52.3 Å². The zero-order chi connectivity index (χ0) is 22.3. The van der Waals surface area contributed by atoms with Crippen LogP contribution in [0.25, 0.3) is 0 Å². The zero-order valence-electron chi connectivity index (χ0n) is 17.5. The highest BCUT2D eigenvalue weighted by molar-refractivity contribution is 7.99. The van der Waals surface area contributed by atoms with Gasteiger partial charge in [-0.15, -0.1) is 11.8 Å². The first-order chi connectivity index (χ1) is 14.9. The van der Waals surface area contributed by atoms with Crippen molar-refractivity contribution >= 4 is 39.3 Å². The van der Waals surface area contributed by atoms with Crippen molar-refractivity contribution in [2.75, 3.05) is 32.5 Å². The fourth-order valence-corrected chi connectivity index (χ4v) is 5.51. The minimum atomic E-state index is -3.75. The number of hydrogen-bond donors (Lipinski definition) is 1. The predicted molar refractivity (Wildman–Crippen MR) is 125 cm³/mol. The maximum absolute atomic E-state index is 13.1. The van der Waals surface area contributed by atoms with Gasteiger partial charge in [0.25, 0.3) is 5.91 Å². The van der Waals surface area contributed by atoms with E-state index in [2.05, 4.69) is 4.72 Å². The molecular formula is C22H27ClN2O4S2. The SMILES string of the molecule is COc1ccc(S(=O)(=O)NCCSc2ccc(Cl)cc2)cc1C(=O)N1CCCCCC1. The van der Waals surface area contributed by atoms with Crippen molar-refractivity contribution in [2.24, 2.45) is 0 Å². The van der Waals surface area contributed by atoms with Gasteiger partial charge in [0.05, 0.1) is 17.6 Å². The topological polar surface area (TPSA) is 75.7 Å². The van der Waals surface area contributed by atoms with Gasteiger partial charge in [0, 0.05) is 35.3 Å². The summed E-state index contributed by atoms with van der Waals surface area (Å²) in [6, 6.07) is 11.8. The number of nitrogens with zero attached hydrogens (tertiary/aromatic N) is 1. The summed E-state index contributed by atoms with van der Waals surface area (Å²) in [5, 5.41) is 0.662. The Morgan fingerprint density at radius 1 is 1.10 bits per heavy atom. The van der Waals surface area contributed by atoms with Crippen molar-refractivity contribution in [1.29, 1.82) is 0 Å². The van der Waals surface area contributed by atoms with E-state index in [9.17, 15) is 13.2 Å². The van der Waals surface area contributed by atoms with Crippen LogP contribution in [0.5, 0.6) is 5.75 Å². The van der Waals surface area contributed by atoms with Crippen molar-refractivity contribution in [3.05, 3.63) is 53.1 Å². The smallest absolute Gasteiger partial charge is 0.257 e. The Morgan fingerprint density at radius 2 is 1.77 bits per heavy atom. The van der Waals surface area contributed by atoms with E-state index < -0.39 is 10.0 Å². The second kappa shape index (κ2) is 11.2. The predicted octanol–water partition coefficient (Wildman–Crippen LogP) is 4.44. The van der Waals surface area contributed by atoms with Gasteiger partial charge in [-0.2, -0.15) is 0 Å². The van der Waals surface area contributed by atoms with Crippen LogP contribution in [0.4, 0.5) is 0 Å². The van der Waals surface area contributed by atoms with Gasteiger partial charge in [0.15, 0.2) is 0 Å². The summed E-state index contributed by atoms with van der Waals surface area (Å²) in [5.74, 6) is 0.761. The molecule has 6 nitrogen and oxygen atoms in total. The summed E-state index contributed by atoms with van der Waals surface area (Å²) in [7, 11) is -2.27. The normalized spacial score (nSPS) is 14.8. The molecule has 0 saturated carbocycles. The number of benzene rings is 2. The molecule has 1 amide bonds. The van der Waals surface area contributed by atoms with Gasteiger partial charge < -0.3 is 9.64 Å². The molecule has 0 atom stereocenters. The molecule has 1 N–H and O–H groups in total. The van der Waals surface area contributed by atoms with E-state index in [1.807, 2.05) is 12.1 Å². The summed E-state index contributed by atoms with van der Waals surface area (Å²) < 4.78 is 33.5. The fourth-order valence-electron chi connectivity index (χ4n) is 3.42. The number of halogens is 1. The van der Waals surface area contributed by atoms with Crippen molar-refractivity contribution in [3.63, 3.8) is 0 Å². The zero-order valence-corrected chi connectivity index (χ0v) is 19.9. The van der Waals surface area contributed by atoms with Gasteiger partial charge in [0.1, 0.15) is 5.75 Å². The number of carbonyl (C=O) groups is 1. The van der Waals surface area contributed by atoms with Crippen LogP contribution in [0.2, 0.25) is 5.02 Å². The minimum Gasteiger partial charge on any atom is -0.496 e. The molecule has 0 spiro atoms. The molecule has 3 rings (SSSR count). The number of amides is 1. The molecule has 9 heteroatoms. The molecule has 1 aliphatic heterocycles. The number of likely N-dealkylation sites (tertiary alicyclic amines) is 1. The van der Waals surface area contributed by atoms with E-state index in [1.54, 1.807) is 23.1 Å². The van der Waals surface area contributed by atoms with E-state index in [-0.39, 0.29) is 22.9 Å². The highest BCUT2D eigenvalue weighted by atomic mass is 35.5. The third kappa shape index (κ3) is 6.62. The average Bonchev–Trinajstić information content (AvgIpc) is 3.06. The Kier molecular flexibility index (Phi) is 8.66. The second-order valence-electron chi connectivity index (χ2n) is 7.27. The third-order valence-corrected chi connectivity index (χ3v) is 7.81. The van der Waals surface area contributed by atoms with Crippen LogP contribution < -0.4 is 9.46 Å². The molecule has 0 aliphatic carbocycles. The quantitative estimate of drug-likeness (QED) is 0.444. The van der Waals surface area contributed by atoms with Gasteiger partial charge in [-0.3, -0.25) is 4.79 Å². The summed E-state index contributed by atoms with van der Waals surface area (Å²) in [4.78, 5) is 15.9. The molecule has 168 valence electrons. The number of ether oxygens (including phenoxy) is 1. The molecule has 1 saturated heterocycles. The lowest BCUT2D eigenvalue weighted by Gasteiger charge is -2.22. The Balaban J connectivity index is 1.68. The van der Waals surface area contributed by atoms with Crippen molar-refractivity contribution in [2.45, 2.75) is 35.5 Å². The maximum atomic E-state index is 13.1. The number of sulfonamides is 1. The monoisotopic (exact) mass is 482 g/mol. The Hall–Kier alpha value is -1.74. The molecule has 1 aliphatic rings. The third-order valence-electron chi connectivity index (χ3n) is 5.08. The van der Waals surface area contributed by atoms with Crippen LogP contribution >= 0.6 is 23.4 Å². The lowest BCUT2D eigenvalue weighted by Crippen LogP contribution is -2.32. The van der Waals surface area contributed by atoms with Gasteiger partial charge >= 0.3 is 0 Å². The van der Waals surface area contributed by atoms with E-state index in [1.165, 1.54) is 31.0 Å². The summed E-state index contributed by atoms with van der Waals surface area (Å²) in [5.41, 5.74) is 0.280. The minimum absolute atomic E-state index is 0.0583. The first-order valence-corrected chi connectivity index (χ1v) is 13.1. The van der Waals surface area contributed by atoms with E-state index in [0.29, 0.717) is 29.6 Å². The fraction of sp³-hybridized carbons (Fsp3) is 0.409. The van der Waals surface area contributed by atoms with Gasteiger partial charge in [-0.05, 0) is 55.3 Å². The van der Waals surface area contributed by atoms with Crippen LogP contribution in [0.3, 0.4) is 0 Å². The molecular weight excluding hydrogens is 456 g/mol. The molecule has 2 aromatic rings. The molecule has 1 fully saturated rings. The standard InChI is InChI=1S/C22H27ClN2O4S2/c1-29-21-11-10-19(16-20(21)22(26)25-13-4-2-3-5-14-25)31(27,28)24-12-15-30-18-8-6-17(23)7-9-18/h6-11,16,24H,2-5,12-15H2,1H3. The number of thioether (sulfide) groups is 1. The molecule has 0 unspecified atom stereocenters. The van der Waals surface area contributed by atoms with Crippen molar-refractivity contribution < 1.29 is 17.9 Å². The van der Waals surface area contributed by atoms with Crippen LogP contribution in [-0.4, -0.2) is 51.7 Å². The Bertz CT molecular complexity index is 989. The highest BCUT2D eigenvalue weighted by Gasteiger charge is 2.24. The molecule has 1 heterocycles. The number of hydrogen-bond acceptors (Lipinski definition) is 5. The number of methoxy groups -OCH3 is 1. The van der Waals surface area contributed by atoms with Crippen LogP contribution in [0.1, 0.15) is 36.0 Å². The largest absolute Gasteiger partial charge is 0.496 e. The number of nitrogens with one attached hydrogen (secondary N) is 1. The molecule has 0 aromatic heterocycles. The summed E-state index contributed by atoms with van der Waals surface area (Å²) >= 11 is 7.41. The Morgan fingerprint density at radius 3 is 2.42 bits per heavy atom. The molecule has 0 radical (unpaired) electrons. The number of rotatable bonds is 8. The van der Waals surface area contributed by atoms with Gasteiger partial charge in [-0.25, -0.2) is 13.1 Å². The first kappa shape index (κ1) is 23.9. The first-order valence-electron chi connectivity index (χ1n) is 10.3. The van der Waals surface area contributed by atoms with Crippen molar-refractivity contribution in [1.82, 2.24) is 9.62 Å². The summed E-state index contributed by atoms with van der Waals surface area (Å²) in [6.07, 6.45) is 4.12. The van der Waals surface area contributed by atoms with E-state index in [0.717, 1.165) is 30.6 Å². The maximum Gasteiger partial charge on any atom is 0.257 e. The van der Waals surface area contributed by atoms with Gasteiger partial charge in [-0.1, -0.05) is 24.4 Å². The second-order valence-corrected chi connectivity index (χ2v) is 10.6. The molecule has 0 bridgehead atoms. The van der Waals surface area contributed by atoms with Gasteiger partial charge in [0.2, 0.25) is 10.0 Å². The van der Waals surface area contributed by atoms with Crippen molar-refractivity contribution in [3.8, 4) is 5.75 Å². The average molecular weight is 483 g/mol. The lowest BCUT2D eigenvalue weighted by atomic mass is 10.1. The summed E-state index contributed by atoms with van der Waals surface area (Å²) in [6.45, 7) is 1.62. The lowest BCUT2D eigenvalue weighted by molar-refractivity contribution is 0.0758. The van der Waals surface area contributed by atoms with E-state index in [4.69, 9.17) is 16.3 Å². The highest BCUT2D eigenvalue weighted by Crippen LogP contribution is 2.25. The van der Waals surface area contributed by atoms with Crippen LogP contribution in [-0.2, 0) is 10.0 Å². The van der Waals surface area contributed by atoms with Crippen LogP contribution in [0, 0.1) is 0 Å². The molecule has 2 aromatic carbocycles. The molecule has 31 heavy (non-hydrogen) atoms. The number of carbonyl (C=O) groups excluding carboxylic acids is 1. The van der Waals surface area contributed by atoms with E-state index >= 15 is 0 Å².